The molecule has 2 rings (SSSR count). The van der Waals surface area contributed by atoms with E-state index in [-0.39, 0.29) is 17.9 Å². The molecule has 0 heterocycles. The predicted octanol–water partition coefficient (Wildman–Crippen LogP) is 4.27. The van der Waals surface area contributed by atoms with Crippen molar-refractivity contribution in [2.24, 2.45) is 0 Å². The zero-order chi connectivity index (χ0) is 22.1. The largest absolute Gasteiger partial charge is 0.497 e. The highest BCUT2D eigenvalue weighted by Crippen LogP contribution is 2.17. The van der Waals surface area contributed by atoms with Crippen molar-refractivity contribution in [1.82, 2.24) is 10.2 Å². The van der Waals surface area contributed by atoms with Gasteiger partial charge in [-0.15, -0.1) is 0 Å². The van der Waals surface area contributed by atoms with Crippen LogP contribution in [0.4, 0.5) is 0 Å². The van der Waals surface area contributed by atoms with Crippen molar-refractivity contribution >= 4 is 11.8 Å². The van der Waals surface area contributed by atoms with Crippen LogP contribution in [0, 0.1) is 6.92 Å². The molecule has 0 aliphatic carbocycles. The van der Waals surface area contributed by atoms with Crippen LogP contribution < -0.4 is 10.1 Å². The average molecular weight is 411 g/mol. The van der Waals surface area contributed by atoms with Gasteiger partial charge in [0.2, 0.25) is 11.8 Å². The monoisotopic (exact) mass is 410 g/mol. The van der Waals surface area contributed by atoms with Crippen molar-refractivity contribution in [1.29, 1.82) is 0 Å². The van der Waals surface area contributed by atoms with E-state index in [1.165, 1.54) is 5.56 Å². The molecule has 0 bridgehead atoms. The molecule has 1 N–H and O–H groups in total. The summed E-state index contributed by atoms with van der Waals surface area (Å²) >= 11 is 0. The third-order valence-corrected chi connectivity index (χ3v) is 5.40. The molecule has 30 heavy (non-hydrogen) atoms. The highest BCUT2D eigenvalue weighted by molar-refractivity contribution is 5.87. The van der Waals surface area contributed by atoms with Crippen LogP contribution >= 0.6 is 0 Å². The second kappa shape index (κ2) is 11.4. The molecule has 0 radical (unpaired) electrons. The summed E-state index contributed by atoms with van der Waals surface area (Å²) in [5, 5.41) is 3.00. The lowest BCUT2D eigenvalue weighted by atomic mass is 10.1. The number of hydrogen-bond acceptors (Lipinski definition) is 3. The molecule has 0 unspecified atom stereocenters. The number of hydrogen-bond donors (Lipinski definition) is 1. The first-order valence-electron chi connectivity index (χ1n) is 10.6. The van der Waals surface area contributed by atoms with Crippen LogP contribution in [0.25, 0.3) is 0 Å². The number of nitrogens with zero attached hydrogens (tertiary/aromatic N) is 1. The fourth-order valence-corrected chi connectivity index (χ4v) is 3.17. The van der Waals surface area contributed by atoms with Crippen LogP contribution in [-0.2, 0) is 22.6 Å². The Morgan fingerprint density at radius 1 is 1.07 bits per heavy atom. The molecule has 0 saturated carbocycles. The summed E-state index contributed by atoms with van der Waals surface area (Å²) < 4.78 is 5.30. The van der Waals surface area contributed by atoms with Crippen molar-refractivity contribution in [3.63, 3.8) is 0 Å². The van der Waals surface area contributed by atoms with Gasteiger partial charge in [0.25, 0.3) is 0 Å². The van der Waals surface area contributed by atoms with Crippen molar-refractivity contribution in [3.05, 3.63) is 65.2 Å². The SMILES string of the molecule is CC[C@@H](C)NC(=O)[C@@H](C)N(Cc1cccc(OC)c1)C(=O)CCc1ccc(C)cc1. The van der Waals surface area contributed by atoms with Crippen molar-refractivity contribution in [2.45, 2.75) is 65.6 Å². The molecular weight excluding hydrogens is 376 g/mol. The predicted molar refractivity (Wildman–Crippen MR) is 120 cm³/mol. The number of aryl methyl sites for hydroxylation is 2. The van der Waals surface area contributed by atoms with E-state index in [2.05, 4.69) is 17.4 Å². The number of benzene rings is 2. The van der Waals surface area contributed by atoms with Gasteiger partial charge in [0.05, 0.1) is 7.11 Å². The number of methoxy groups -OCH3 is 1. The van der Waals surface area contributed by atoms with Crippen LogP contribution in [0.5, 0.6) is 5.75 Å². The minimum absolute atomic E-state index is 0.0369. The molecule has 2 aromatic carbocycles. The van der Waals surface area contributed by atoms with E-state index in [0.717, 1.165) is 23.3 Å². The Bertz CT molecular complexity index is 833. The Morgan fingerprint density at radius 3 is 2.40 bits per heavy atom. The number of amides is 2. The summed E-state index contributed by atoms with van der Waals surface area (Å²) in [5.41, 5.74) is 3.24. The maximum Gasteiger partial charge on any atom is 0.242 e. The number of nitrogens with one attached hydrogen (secondary N) is 1. The first-order chi connectivity index (χ1) is 14.3. The van der Waals surface area contributed by atoms with Gasteiger partial charge < -0.3 is 15.0 Å². The summed E-state index contributed by atoms with van der Waals surface area (Å²) in [6.45, 7) is 8.19. The number of carbonyl (C=O) groups is 2. The smallest absolute Gasteiger partial charge is 0.242 e. The zero-order valence-electron chi connectivity index (χ0n) is 18.8. The minimum atomic E-state index is -0.560. The van der Waals surface area contributed by atoms with Gasteiger partial charge >= 0.3 is 0 Å². The summed E-state index contributed by atoms with van der Waals surface area (Å²) in [6.07, 6.45) is 1.84. The summed E-state index contributed by atoms with van der Waals surface area (Å²) in [4.78, 5) is 27.6. The molecule has 0 aromatic heterocycles. The standard InChI is InChI=1S/C25H34N2O3/c1-6-19(3)26-25(29)20(4)27(17-22-8-7-9-23(16-22)30-5)24(28)15-14-21-12-10-18(2)11-13-21/h7-13,16,19-20H,6,14-15,17H2,1-5H3,(H,26,29)/t19-,20-/m1/s1. The van der Waals surface area contributed by atoms with Crippen LogP contribution in [0.15, 0.2) is 48.5 Å². The third kappa shape index (κ3) is 6.90. The maximum atomic E-state index is 13.2. The van der Waals surface area contributed by atoms with E-state index >= 15 is 0 Å². The molecule has 0 fully saturated rings. The van der Waals surface area contributed by atoms with Crippen molar-refractivity contribution < 1.29 is 14.3 Å². The lowest BCUT2D eigenvalue weighted by Crippen LogP contribution is -2.49. The molecule has 162 valence electrons. The molecule has 5 nitrogen and oxygen atoms in total. The van der Waals surface area contributed by atoms with Crippen molar-refractivity contribution in [3.8, 4) is 5.75 Å². The van der Waals surface area contributed by atoms with Crippen LogP contribution in [0.3, 0.4) is 0 Å². The van der Waals surface area contributed by atoms with Gasteiger partial charge in [-0.2, -0.15) is 0 Å². The normalized spacial score (nSPS) is 12.7. The Balaban J connectivity index is 2.16. The van der Waals surface area contributed by atoms with E-state index in [0.29, 0.717) is 19.4 Å². The second-order valence-electron chi connectivity index (χ2n) is 7.85. The van der Waals surface area contributed by atoms with Gasteiger partial charge in [0.1, 0.15) is 11.8 Å². The van der Waals surface area contributed by atoms with E-state index in [1.807, 2.05) is 57.2 Å². The topological polar surface area (TPSA) is 58.6 Å². The van der Waals surface area contributed by atoms with E-state index in [9.17, 15) is 9.59 Å². The lowest BCUT2D eigenvalue weighted by Gasteiger charge is -2.30. The molecule has 0 aliphatic rings. The molecule has 2 aromatic rings. The number of ether oxygens (including phenoxy) is 1. The number of rotatable bonds is 10. The third-order valence-electron chi connectivity index (χ3n) is 5.40. The fraction of sp³-hybridized carbons (Fsp3) is 0.440. The van der Waals surface area contributed by atoms with E-state index in [1.54, 1.807) is 18.9 Å². The summed E-state index contributed by atoms with van der Waals surface area (Å²) in [7, 11) is 1.62. The van der Waals surface area contributed by atoms with Crippen LogP contribution in [0.2, 0.25) is 0 Å². The molecule has 2 atom stereocenters. The Labute approximate surface area is 180 Å². The lowest BCUT2D eigenvalue weighted by molar-refractivity contribution is -0.140. The molecular formula is C25H34N2O3. The second-order valence-corrected chi connectivity index (χ2v) is 7.85. The Morgan fingerprint density at radius 2 is 1.77 bits per heavy atom. The molecule has 0 spiro atoms. The fourth-order valence-electron chi connectivity index (χ4n) is 3.17. The number of carbonyl (C=O) groups excluding carboxylic acids is 2. The Kier molecular flexibility index (Phi) is 8.90. The molecule has 0 saturated heterocycles. The average Bonchev–Trinajstić information content (AvgIpc) is 2.76. The van der Waals surface area contributed by atoms with Crippen LogP contribution in [0.1, 0.15) is 50.3 Å². The van der Waals surface area contributed by atoms with Gasteiger partial charge in [0, 0.05) is 19.0 Å². The maximum absolute atomic E-state index is 13.2. The van der Waals surface area contributed by atoms with Gasteiger partial charge in [0.15, 0.2) is 0 Å². The summed E-state index contributed by atoms with van der Waals surface area (Å²) in [6, 6.07) is 15.3. The highest BCUT2D eigenvalue weighted by Gasteiger charge is 2.26. The van der Waals surface area contributed by atoms with E-state index < -0.39 is 6.04 Å². The first-order valence-corrected chi connectivity index (χ1v) is 10.6. The Hall–Kier alpha value is -2.82. The van der Waals surface area contributed by atoms with Gasteiger partial charge in [-0.3, -0.25) is 9.59 Å². The van der Waals surface area contributed by atoms with Crippen molar-refractivity contribution in [2.75, 3.05) is 7.11 Å². The molecule has 0 aliphatic heterocycles. The zero-order valence-corrected chi connectivity index (χ0v) is 18.8. The van der Waals surface area contributed by atoms with Crippen LogP contribution in [-0.4, -0.2) is 35.9 Å². The first kappa shape index (κ1) is 23.5. The van der Waals surface area contributed by atoms with Gasteiger partial charge in [-0.05, 0) is 56.9 Å². The quantitative estimate of drug-likeness (QED) is 0.636. The minimum Gasteiger partial charge on any atom is -0.497 e. The molecule has 2 amide bonds. The van der Waals surface area contributed by atoms with E-state index in [4.69, 9.17) is 4.74 Å². The summed E-state index contributed by atoms with van der Waals surface area (Å²) in [5.74, 6) is 0.567. The molecule has 5 heteroatoms. The van der Waals surface area contributed by atoms with Gasteiger partial charge in [-0.1, -0.05) is 48.9 Å². The van der Waals surface area contributed by atoms with Gasteiger partial charge in [-0.25, -0.2) is 0 Å². The highest BCUT2D eigenvalue weighted by atomic mass is 16.5.